The van der Waals surface area contributed by atoms with Crippen LogP contribution in [0.5, 0.6) is 0 Å². The first-order valence-electron chi connectivity index (χ1n) is 5.57. The summed E-state index contributed by atoms with van der Waals surface area (Å²) in [6.07, 6.45) is 1.26. The number of thioether (sulfide) groups is 1. The number of halogens is 1. The third-order valence-corrected chi connectivity index (χ3v) is 3.38. The predicted octanol–water partition coefficient (Wildman–Crippen LogP) is 2.29. The molecule has 0 spiro atoms. The zero-order valence-corrected chi connectivity index (χ0v) is 11.2. The molecule has 1 rings (SSSR count). The standard InChI is InChI=1S/C12H17ClN2OS/c13-10-3-5-11(6-4-10)17-9-8-15-12(16)2-1-7-14/h3-6H,1-2,7-9,14H2,(H,15,16). The zero-order chi connectivity index (χ0) is 12.5. The van der Waals surface area contributed by atoms with Crippen LogP contribution in [0.3, 0.4) is 0 Å². The van der Waals surface area contributed by atoms with Gasteiger partial charge in [-0.1, -0.05) is 11.6 Å². The molecule has 0 aliphatic rings. The molecule has 0 radical (unpaired) electrons. The van der Waals surface area contributed by atoms with Gasteiger partial charge in [-0.15, -0.1) is 11.8 Å². The maximum Gasteiger partial charge on any atom is 0.220 e. The summed E-state index contributed by atoms with van der Waals surface area (Å²) in [5, 5.41) is 3.60. The number of benzene rings is 1. The van der Waals surface area contributed by atoms with Crippen molar-refractivity contribution in [3.05, 3.63) is 29.3 Å². The maximum absolute atomic E-state index is 11.3. The minimum absolute atomic E-state index is 0.0761. The van der Waals surface area contributed by atoms with Crippen LogP contribution in [0.4, 0.5) is 0 Å². The Morgan fingerprint density at radius 1 is 1.35 bits per heavy atom. The average Bonchev–Trinajstić information content (AvgIpc) is 2.34. The quantitative estimate of drug-likeness (QED) is 0.591. The second-order valence-electron chi connectivity index (χ2n) is 3.54. The number of hydrogen-bond acceptors (Lipinski definition) is 3. The van der Waals surface area contributed by atoms with Gasteiger partial charge in [0, 0.05) is 28.6 Å². The van der Waals surface area contributed by atoms with Crippen LogP contribution in [-0.4, -0.2) is 24.7 Å². The van der Waals surface area contributed by atoms with Crippen molar-refractivity contribution in [1.29, 1.82) is 0 Å². The third-order valence-electron chi connectivity index (χ3n) is 2.11. The molecule has 0 saturated heterocycles. The van der Waals surface area contributed by atoms with Crippen molar-refractivity contribution < 1.29 is 4.79 Å². The second kappa shape index (κ2) is 8.39. The van der Waals surface area contributed by atoms with Gasteiger partial charge in [-0.3, -0.25) is 4.79 Å². The number of nitrogens with two attached hydrogens (primary N) is 1. The molecule has 0 saturated carbocycles. The summed E-state index contributed by atoms with van der Waals surface area (Å²) < 4.78 is 0. The smallest absolute Gasteiger partial charge is 0.220 e. The van der Waals surface area contributed by atoms with Crippen molar-refractivity contribution in [1.82, 2.24) is 5.32 Å². The molecule has 0 aliphatic heterocycles. The first kappa shape index (κ1) is 14.4. The Bertz CT molecular complexity index is 343. The summed E-state index contributed by atoms with van der Waals surface area (Å²) in [6, 6.07) is 7.68. The van der Waals surface area contributed by atoms with Crippen LogP contribution in [0.1, 0.15) is 12.8 Å². The monoisotopic (exact) mass is 272 g/mol. The fourth-order valence-corrected chi connectivity index (χ4v) is 2.14. The zero-order valence-electron chi connectivity index (χ0n) is 9.62. The molecule has 17 heavy (non-hydrogen) atoms. The molecule has 3 nitrogen and oxygen atoms in total. The lowest BCUT2D eigenvalue weighted by molar-refractivity contribution is -0.121. The molecule has 1 aromatic rings. The highest BCUT2D eigenvalue weighted by Crippen LogP contribution is 2.19. The van der Waals surface area contributed by atoms with Crippen molar-refractivity contribution in [3.63, 3.8) is 0 Å². The fourth-order valence-electron chi connectivity index (χ4n) is 1.24. The van der Waals surface area contributed by atoms with Gasteiger partial charge in [0.2, 0.25) is 5.91 Å². The largest absolute Gasteiger partial charge is 0.355 e. The molecule has 1 amide bonds. The Morgan fingerprint density at radius 3 is 2.71 bits per heavy atom. The minimum Gasteiger partial charge on any atom is -0.355 e. The number of hydrogen-bond donors (Lipinski definition) is 2. The van der Waals surface area contributed by atoms with E-state index in [9.17, 15) is 4.79 Å². The molecule has 5 heteroatoms. The molecule has 1 aromatic carbocycles. The lowest BCUT2D eigenvalue weighted by Crippen LogP contribution is -2.25. The summed E-state index contributed by atoms with van der Waals surface area (Å²) in [7, 11) is 0. The number of amides is 1. The molecule has 0 bridgehead atoms. The topological polar surface area (TPSA) is 55.1 Å². The van der Waals surface area contributed by atoms with Gasteiger partial charge in [0.15, 0.2) is 0 Å². The SMILES string of the molecule is NCCCC(=O)NCCSc1ccc(Cl)cc1. The second-order valence-corrected chi connectivity index (χ2v) is 5.15. The van der Waals surface area contributed by atoms with Crippen molar-refractivity contribution in [2.75, 3.05) is 18.8 Å². The maximum atomic E-state index is 11.3. The number of rotatable bonds is 7. The Labute approximate surface area is 111 Å². The fraction of sp³-hybridized carbons (Fsp3) is 0.417. The Balaban J connectivity index is 2.11. The van der Waals surface area contributed by atoms with E-state index in [4.69, 9.17) is 17.3 Å². The van der Waals surface area contributed by atoms with E-state index >= 15 is 0 Å². The molecule has 0 heterocycles. The molecule has 0 atom stereocenters. The summed E-state index contributed by atoms with van der Waals surface area (Å²) in [6.45, 7) is 1.24. The van der Waals surface area contributed by atoms with Gasteiger partial charge in [0.1, 0.15) is 0 Å². The van der Waals surface area contributed by atoms with Crippen LogP contribution < -0.4 is 11.1 Å². The lowest BCUT2D eigenvalue weighted by Gasteiger charge is -2.04. The normalized spacial score (nSPS) is 10.2. The van der Waals surface area contributed by atoms with Crippen LogP contribution in [0.25, 0.3) is 0 Å². The molecule has 0 aliphatic carbocycles. The highest BCUT2D eigenvalue weighted by Gasteiger charge is 1.99. The van der Waals surface area contributed by atoms with Crippen LogP contribution in [0, 0.1) is 0 Å². The van der Waals surface area contributed by atoms with Crippen LogP contribution in [0.15, 0.2) is 29.2 Å². The first-order chi connectivity index (χ1) is 8.22. The number of nitrogens with one attached hydrogen (secondary N) is 1. The van der Waals surface area contributed by atoms with E-state index in [0.29, 0.717) is 19.5 Å². The van der Waals surface area contributed by atoms with E-state index in [1.807, 2.05) is 24.3 Å². The van der Waals surface area contributed by atoms with E-state index in [1.165, 1.54) is 0 Å². The van der Waals surface area contributed by atoms with Crippen molar-refractivity contribution in [2.45, 2.75) is 17.7 Å². The molecule has 0 fully saturated rings. The summed E-state index contributed by atoms with van der Waals surface area (Å²) in [5.74, 6) is 0.933. The Hall–Kier alpha value is -0.710. The number of carbonyl (C=O) groups is 1. The van der Waals surface area contributed by atoms with Gasteiger partial charge in [-0.25, -0.2) is 0 Å². The molecular formula is C12H17ClN2OS. The van der Waals surface area contributed by atoms with Gasteiger partial charge >= 0.3 is 0 Å². The first-order valence-corrected chi connectivity index (χ1v) is 6.94. The molecule has 94 valence electrons. The third kappa shape index (κ3) is 6.56. The van der Waals surface area contributed by atoms with Crippen LogP contribution in [0.2, 0.25) is 5.02 Å². The van der Waals surface area contributed by atoms with E-state index in [2.05, 4.69) is 5.32 Å². The van der Waals surface area contributed by atoms with Crippen LogP contribution in [-0.2, 0) is 4.79 Å². The van der Waals surface area contributed by atoms with E-state index < -0.39 is 0 Å². The van der Waals surface area contributed by atoms with Gasteiger partial charge in [0.25, 0.3) is 0 Å². The van der Waals surface area contributed by atoms with Crippen LogP contribution >= 0.6 is 23.4 Å². The molecule has 0 unspecified atom stereocenters. The van der Waals surface area contributed by atoms with E-state index in [0.717, 1.165) is 22.1 Å². The lowest BCUT2D eigenvalue weighted by atomic mass is 10.3. The molecule has 0 aromatic heterocycles. The number of carbonyl (C=O) groups excluding carboxylic acids is 1. The van der Waals surface area contributed by atoms with E-state index in [-0.39, 0.29) is 5.91 Å². The van der Waals surface area contributed by atoms with Crippen molar-refractivity contribution >= 4 is 29.3 Å². The molecule has 3 N–H and O–H groups in total. The Kier molecular flexibility index (Phi) is 7.08. The molecular weight excluding hydrogens is 256 g/mol. The van der Waals surface area contributed by atoms with E-state index in [1.54, 1.807) is 11.8 Å². The predicted molar refractivity (Wildman–Crippen MR) is 73.5 cm³/mol. The summed E-state index contributed by atoms with van der Waals surface area (Å²) in [4.78, 5) is 12.4. The van der Waals surface area contributed by atoms with Gasteiger partial charge in [0.05, 0.1) is 0 Å². The van der Waals surface area contributed by atoms with Crippen molar-refractivity contribution in [2.24, 2.45) is 5.73 Å². The van der Waals surface area contributed by atoms with Crippen molar-refractivity contribution in [3.8, 4) is 0 Å². The van der Waals surface area contributed by atoms with Gasteiger partial charge in [-0.05, 0) is 37.2 Å². The highest BCUT2D eigenvalue weighted by atomic mass is 35.5. The van der Waals surface area contributed by atoms with Gasteiger partial charge < -0.3 is 11.1 Å². The minimum atomic E-state index is 0.0761. The Morgan fingerprint density at radius 2 is 2.06 bits per heavy atom. The highest BCUT2D eigenvalue weighted by molar-refractivity contribution is 7.99. The van der Waals surface area contributed by atoms with Gasteiger partial charge in [-0.2, -0.15) is 0 Å². The summed E-state index contributed by atoms with van der Waals surface area (Å²) >= 11 is 7.48. The average molecular weight is 273 g/mol. The summed E-state index contributed by atoms with van der Waals surface area (Å²) in [5.41, 5.74) is 5.32.